The first-order chi connectivity index (χ1) is 11.6. The predicted molar refractivity (Wildman–Crippen MR) is 85.3 cm³/mol. The Hall–Kier alpha value is -2.34. The van der Waals surface area contributed by atoms with Crippen molar-refractivity contribution >= 4 is 11.8 Å². The molecular weight excluding hydrogens is 312 g/mol. The minimum atomic E-state index is -0.836. The molecular formula is C14H22N8O2. The van der Waals surface area contributed by atoms with E-state index in [1.165, 1.54) is 4.90 Å². The second-order valence-corrected chi connectivity index (χ2v) is 6.01. The molecule has 10 heteroatoms. The number of nitrogens with one attached hydrogen (secondary N) is 1. The topological polar surface area (TPSA) is 151 Å². The third-order valence-corrected chi connectivity index (χ3v) is 4.38. The first-order valence-corrected chi connectivity index (χ1v) is 8.05. The molecule has 130 valence electrons. The minimum Gasteiger partial charge on any atom is -0.340 e. The summed E-state index contributed by atoms with van der Waals surface area (Å²) in [5, 5.41) is 15.9. The van der Waals surface area contributed by atoms with Gasteiger partial charge in [-0.1, -0.05) is 5.11 Å². The van der Waals surface area contributed by atoms with E-state index in [4.69, 9.17) is 16.5 Å². The molecule has 0 saturated carbocycles. The van der Waals surface area contributed by atoms with Crippen LogP contribution in [0.15, 0.2) is 5.11 Å². The fourth-order valence-electron chi connectivity index (χ4n) is 3.02. The van der Waals surface area contributed by atoms with Crippen molar-refractivity contribution in [2.45, 2.75) is 37.4 Å². The molecule has 0 aromatic carbocycles. The van der Waals surface area contributed by atoms with Crippen LogP contribution in [0.25, 0.3) is 10.4 Å². The van der Waals surface area contributed by atoms with Gasteiger partial charge in [-0.05, 0) is 18.4 Å². The van der Waals surface area contributed by atoms with Crippen molar-refractivity contribution in [2.24, 2.45) is 10.8 Å². The molecule has 2 heterocycles. The number of amides is 2. The van der Waals surface area contributed by atoms with E-state index >= 15 is 0 Å². The summed E-state index contributed by atoms with van der Waals surface area (Å²) in [6.45, 7) is 3.07. The van der Waals surface area contributed by atoms with Gasteiger partial charge < -0.3 is 20.9 Å². The lowest BCUT2D eigenvalue weighted by atomic mass is 10.1. The third-order valence-electron chi connectivity index (χ3n) is 4.38. The number of rotatable bonds is 5. The summed E-state index contributed by atoms with van der Waals surface area (Å²) in [6, 6.07) is 0.163. The van der Waals surface area contributed by atoms with E-state index in [0.29, 0.717) is 19.5 Å². The number of azide groups is 1. The Bertz CT molecular complexity index is 562. The zero-order valence-electron chi connectivity index (χ0n) is 13.5. The van der Waals surface area contributed by atoms with Gasteiger partial charge in [0, 0.05) is 44.1 Å². The highest BCUT2D eigenvalue weighted by atomic mass is 16.2. The summed E-state index contributed by atoms with van der Waals surface area (Å²) in [7, 11) is 0. The number of piperazine rings is 1. The number of hydrogen-bond acceptors (Lipinski definition) is 6. The number of nitriles is 1. The number of carbonyl (C=O) groups is 2. The van der Waals surface area contributed by atoms with Gasteiger partial charge in [0.2, 0.25) is 11.8 Å². The molecule has 2 aliphatic rings. The summed E-state index contributed by atoms with van der Waals surface area (Å²) in [5.74, 6) is -0.379. The molecule has 3 atom stereocenters. The molecule has 0 bridgehead atoms. The molecule has 2 amide bonds. The monoisotopic (exact) mass is 334 g/mol. The maximum atomic E-state index is 12.4. The Morgan fingerprint density at radius 3 is 2.79 bits per heavy atom. The van der Waals surface area contributed by atoms with Gasteiger partial charge in [-0.15, -0.1) is 0 Å². The zero-order valence-corrected chi connectivity index (χ0v) is 13.5. The van der Waals surface area contributed by atoms with Gasteiger partial charge in [-0.2, -0.15) is 5.26 Å². The van der Waals surface area contributed by atoms with Gasteiger partial charge >= 0.3 is 0 Å². The SMILES string of the molecule is N#C[C@@H]1CC(N=[N+]=[N-])CN1C(=O)[C@@H](N)CCC(=O)N1CCNCC1. The van der Waals surface area contributed by atoms with Gasteiger partial charge in [-0.25, -0.2) is 0 Å². The molecule has 2 rings (SSSR count). The molecule has 10 nitrogen and oxygen atoms in total. The van der Waals surface area contributed by atoms with Crippen LogP contribution in [0.2, 0.25) is 0 Å². The van der Waals surface area contributed by atoms with Crippen LogP contribution in [0.3, 0.4) is 0 Å². The molecule has 0 aliphatic carbocycles. The lowest BCUT2D eigenvalue weighted by molar-refractivity contribution is -0.134. The normalized spacial score (nSPS) is 24.8. The first-order valence-electron chi connectivity index (χ1n) is 8.05. The smallest absolute Gasteiger partial charge is 0.240 e. The largest absolute Gasteiger partial charge is 0.340 e. The molecule has 0 spiro atoms. The van der Waals surface area contributed by atoms with Gasteiger partial charge in [0.1, 0.15) is 6.04 Å². The van der Waals surface area contributed by atoms with E-state index in [1.54, 1.807) is 4.90 Å². The quantitative estimate of drug-likeness (QED) is 0.388. The number of carbonyl (C=O) groups excluding carboxylic acids is 2. The summed E-state index contributed by atoms with van der Waals surface area (Å²) in [6.07, 6.45) is 0.763. The van der Waals surface area contributed by atoms with Crippen LogP contribution < -0.4 is 11.1 Å². The predicted octanol–water partition coefficient (Wildman–Crippen LogP) is -0.671. The summed E-state index contributed by atoms with van der Waals surface area (Å²) in [5.41, 5.74) is 14.4. The number of likely N-dealkylation sites (tertiary alicyclic amines) is 1. The molecule has 3 N–H and O–H groups in total. The van der Waals surface area contributed by atoms with E-state index in [-0.39, 0.29) is 31.2 Å². The minimum absolute atomic E-state index is 0.00929. The van der Waals surface area contributed by atoms with Crippen LogP contribution in [0.4, 0.5) is 0 Å². The Labute approximate surface area is 140 Å². The van der Waals surface area contributed by atoms with Crippen LogP contribution in [0.1, 0.15) is 19.3 Å². The second kappa shape index (κ2) is 8.49. The zero-order chi connectivity index (χ0) is 17.5. The molecule has 0 aromatic heterocycles. The average molecular weight is 334 g/mol. The van der Waals surface area contributed by atoms with Gasteiger partial charge in [0.15, 0.2) is 0 Å². The van der Waals surface area contributed by atoms with Crippen molar-refractivity contribution in [1.29, 1.82) is 5.26 Å². The standard InChI is InChI=1S/C14H22N8O2/c15-8-11-7-10(19-20-17)9-22(11)14(24)12(16)1-2-13(23)21-5-3-18-4-6-21/h10-12,18H,1-7,9,16H2/t10?,11-,12-/m0/s1. The van der Waals surface area contributed by atoms with Crippen molar-refractivity contribution in [3.8, 4) is 6.07 Å². The van der Waals surface area contributed by atoms with Crippen molar-refractivity contribution in [1.82, 2.24) is 15.1 Å². The van der Waals surface area contributed by atoms with E-state index < -0.39 is 18.1 Å². The van der Waals surface area contributed by atoms with E-state index in [1.807, 2.05) is 6.07 Å². The molecule has 2 aliphatic heterocycles. The Balaban J connectivity index is 1.86. The fraction of sp³-hybridized carbons (Fsp3) is 0.786. The summed E-state index contributed by atoms with van der Waals surface area (Å²) in [4.78, 5) is 30.4. The van der Waals surface area contributed by atoms with Crippen molar-refractivity contribution < 1.29 is 9.59 Å². The molecule has 24 heavy (non-hydrogen) atoms. The van der Waals surface area contributed by atoms with Crippen molar-refractivity contribution in [2.75, 3.05) is 32.7 Å². The number of hydrogen-bond donors (Lipinski definition) is 2. The van der Waals surface area contributed by atoms with Crippen LogP contribution in [0.5, 0.6) is 0 Å². The molecule has 0 radical (unpaired) electrons. The third kappa shape index (κ3) is 4.35. The average Bonchev–Trinajstić information content (AvgIpc) is 3.02. The van der Waals surface area contributed by atoms with Crippen LogP contribution >= 0.6 is 0 Å². The lowest BCUT2D eigenvalue weighted by Gasteiger charge is -2.28. The van der Waals surface area contributed by atoms with Crippen LogP contribution in [-0.2, 0) is 9.59 Å². The molecule has 0 aromatic rings. The molecule has 2 saturated heterocycles. The second-order valence-electron chi connectivity index (χ2n) is 6.01. The maximum absolute atomic E-state index is 12.4. The van der Waals surface area contributed by atoms with Gasteiger partial charge in [-0.3, -0.25) is 9.59 Å². The number of nitrogens with zero attached hydrogens (tertiary/aromatic N) is 6. The molecule has 1 unspecified atom stereocenters. The van der Waals surface area contributed by atoms with Crippen LogP contribution in [-0.4, -0.2) is 72.5 Å². The van der Waals surface area contributed by atoms with Crippen molar-refractivity contribution in [3.63, 3.8) is 0 Å². The summed E-state index contributed by atoms with van der Waals surface area (Å²) < 4.78 is 0. The van der Waals surface area contributed by atoms with E-state index in [2.05, 4.69) is 15.3 Å². The Kier molecular flexibility index (Phi) is 6.37. The van der Waals surface area contributed by atoms with E-state index in [0.717, 1.165) is 13.1 Å². The van der Waals surface area contributed by atoms with Crippen LogP contribution in [0, 0.1) is 11.3 Å². The highest BCUT2D eigenvalue weighted by Crippen LogP contribution is 2.21. The van der Waals surface area contributed by atoms with Gasteiger partial charge in [0.25, 0.3) is 0 Å². The van der Waals surface area contributed by atoms with E-state index in [9.17, 15) is 9.59 Å². The fourth-order valence-corrected chi connectivity index (χ4v) is 3.02. The van der Waals surface area contributed by atoms with Gasteiger partial charge in [0.05, 0.1) is 18.2 Å². The maximum Gasteiger partial charge on any atom is 0.240 e. The number of nitrogens with two attached hydrogens (primary N) is 1. The Morgan fingerprint density at radius 1 is 1.46 bits per heavy atom. The highest BCUT2D eigenvalue weighted by Gasteiger charge is 2.36. The van der Waals surface area contributed by atoms with Crippen molar-refractivity contribution in [3.05, 3.63) is 10.4 Å². The first kappa shape index (κ1) is 18.0. The lowest BCUT2D eigenvalue weighted by Crippen LogP contribution is -2.48. The summed E-state index contributed by atoms with van der Waals surface area (Å²) >= 11 is 0. The molecule has 2 fully saturated rings. The highest BCUT2D eigenvalue weighted by molar-refractivity contribution is 5.84. The Morgan fingerprint density at radius 2 is 2.17 bits per heavy atom.